The van der Waals surface area contributed by atoms with E-state index >= 15 is 0 Å². The van der Waals surface area contributed by atoms with Gasteiger partial charge in [0.15, 0.2) is 5.76 Å². The Morgan fingerprint density at radius 1 is 1.27 bits per heavy atom. The third-order valence-electron chi connectivity index (χ3n) is 3.22. The Morgan fingerprint density at radius 3 is 2.64 bits per heavy atom. The zero-order valence-electron chi connectivity index (χ0n) is 13.3. The lowest BCUT2D eigenvalue weighted by Gasteiger charge is -2.08. The Bertz CT molecular complexity index is 623. The number of amidine groups is 1. The highest BCUT2D eigenvalue weighted by molar-refractivity contribution is 6.11. The summed E-state index contributed by atoms with van der Waals surface area (Å²) < 4.78 is 16.1. The van der Waals surface area contributed by atoms with Gasteiger partial charge in [-0.05, 0) is 32.1 Å². The summed E-state index contributed by atoms with van der Waals surface area (Å²) in [6, 6.07) is 5.71. The molecule has 1 aliphatic rings. The van der Waals surface area contributed by atoms with E-state index in [2.05, 4.69) is 4.99 Å². The number of amides is 1. The molecule has 2 rings (SSSR count). The van der Waals surface area contributed by atoms with E-state index in [-0.39, 0.29) is 11.7 Å². The quantitative estimate of drug-likeness (QED) is 0.783. The van der Waals surface area contributed by atoms with Gasteiger partial charge < -0.3 is 14.2 Å². The van der Waals surface area contributed by atoms with Gasteiger partial charge in [-0.2, -0.15) is 0 Å². The standard InChI is InChI=1S/C16H20N2O4/c1-5-17-16-18(6-2)15(19)14(22-16)9-11-7-8-12(20-3)10-13(11)21-4/h7-10H,5-6H2,1-4H3/b14-9+,17-16-. The molecule has 1 aromatic rings. The smallest absolute Gasteiger partial charge is 0.300 e. The monoisotopic (exact) mass is 304 g/mol. The van der Waals surface area contributed by atoms with Gasteiger partial charge in [0.2, 0.25) is 0 Å². The fourth-order valence-corrected chi connectivity index (χ4v) is 2.12. The number of hydrogen-bond donors (Lipinski definition) is 0. The first kappa shape index (κ1) is 15.9. The van der Waals surface area contributed by atoms with E-state index in [1.807, 2.05) is 19.9 Å². The van der Waals surface area contributed by atoms with Gasteiger partial charge in [-0.25, -0.2) is 4.99 Å². The second-order valence-corrected chi connectivity index (χ2v) is 4.52. The molecule has 0 saturated carbocycles. The molecule has 1 saturated heterocycles. The molecule has 0 N–H and O–H groups in total. The van der Waals surface area contributed by atoms with Crippen molar-refractivity contribution < 1.29 is 19.0 Å². The Balaban J connectivity index is 2.37. The number of methoxy groups -OCH3 is 2. The minimum absolute atomic E-state index is 0.201. The van der Waals surface area contributed by atoms with Crippen molar-refractivity contribution in [3.8, 4) is 11.5 Å². The molecule has 0 bridgehead atoms. The van der Waals surface area contributed by atoms with Crippen LogP contribution in [0.5, 0.6) is 11.5 Å². The molecule has 22 heavy (non-hydrogen) atoms. The van der Waals surface area contributed by atoms with Gasteiger partial charge in [-0.1, -0.05) is 0 Å². The van der Waals surface area contributed by atoms with Crippen LogP contribution in [0.15, 0.2) is 29.0 Å². The lowest BCUT2D eigenvalue weighted by molar-refractivity contribution is -0.122. The summed E-state index contributed by atoms with van der Waals surface area (Å²) in [6.07, 6.45) is 1.65. The van der Waals surface area contributed by atoms with Crippen LogP contribution >= 0.6 is 0 Å². The number of ether oxygens (including phenoxy) is 3. The molecule has 0 spiro atoms. The van der Waals surface area contributed by atoms with E-state index in [0.29, 0.717) is 30.6 Å². The summed E-state index contributed by atoms with van der Waals surface area (Å²) in [4.78, 5) is 18.0. The lowest BCUT2D eigenvalue weighted by Crippen LogP contribution is -2.29. The van der Waals surface area contributed by atoms with Gasteiger partial charge in [0.1, 0.15) is 11.5 Å². The maximum Gasteiger partial charge on any atom is 0.300 e. The first-order valence-corrected chi connectivity index (χ1v) is 7.12. The van der Waals surface area contributed by atoms with Crippen molar-refractivity contribution in [2.45, 2.75) is 13.8 Å². The zero-order chi connectivity index (χ0) is 16.1. The summed E-state index contributed by atoms with van der Waals surface area (Å²) >= 11 is 0. The highest BCUT2D eigenvalue weighted by Gasteiger charge is 2.33. The molecular weight excluding hydrogens is 284 g/mol. The Morgan fingerprint density at radius 2 is 2.05 bits per heavy atom. The lowest BCUT2D eigenvalue weighted by atomic mass is 10.1. The normalized spacial score (nSPS) is 18.0. The second kappa shape index (κ2) is 6.98. The molecule has 0 atom stereocenters. The topological polar surface area (TPSA) is 60.4 Å². The van der Waals surface area contributed by atoms with E-state index in [0.717, 1.165) is 5.56 Å². The summed E-state index contributed by atoms with van der Waals surface area (Å²) in [5.41, 5.74) is 0.737. The minimum Gasteiger partial charge on any atom is -0.497 e. The van der Waals surface area contributed by atoms with Crippen LogP contribution in [0.1, 0.15) is 19.4 Å². The fraction of sp³-hybridized carbons (Fsp3) is 0.375. The number of nitrogens with zero attached hydrogens (tertiary/aromatic N) is 2. The molecule has 1 fully saturated rings. The van der Waals surface area contributed by atoms with E-state index in [1.165, 1.54) is 4.90 Å². The van der Waals surface area contributed by atoms with Crippen LogP contribution in [0.4, 0.5) is 0 Å². The molecule has 118 valence electrons. The molecule has 1 aromatic carbocycles. The van der Waals surface area contributed by atoms with E-state index in [4.69, 9.17) is 14.2 Å². The molecule has 0 aliphatic carbocycles. The van der Waals surface area contributed by atoms with Crippen molar-refractivity contribution in [1.82, 2.24) is 4.90 Å². The van der Waals surface area contributed by atoms with Crippen molar-refractivity contribution in [1.29, 1.82) is 0 Å². The fourth-order valence-electron chi connectivity index (χ4n) is 2.12. The van der Waals surface area contributed by atoms with Gasteiger partial charge in [0.25, 0.3) is 11.9 Å². The van der Waals surface area contributed by atoms with Gasteiger partial charge in [0, 0.05) is 24.7 Å². The van der Waals surface area contributed by atoms with Gasteiger partial charge in [-0.15, -0.1) is 0 Å². The van der Waals surface area contributed by atoms with Gasteiger partial charge in [-0.3, -0.25) is 9.69 Å². The van der Waals surface area contributed by atoms with Crippen molar-refractivity contribution >= 4 is 18.0 Å². The molecule has 0 radical (unpaired) electrons. The van der Waals surface area contributed by atoms with Crippen LogP contribution in [0.3, 0.4) is 0 Å². The maximum atomic E-state index is 12.3. The SMILES string of the molecule is CC/N=C1\O/C(=C/c2ccc(OC)cc2OC)C(=O)N1CC. The van der Waals surface area contributed by atoms with Crippen molar-refractivity contribution in [2.24, 2.45) is 4.99 Å². The van der Waals surface area contributed by atoms with E-state index in [1.54, 1.807) is 32.4 Å². The van der Waals surface area contributed by atoms with Gasteiger partial charge in [0.05, 0.1) is 14.2 Å². The predicted octanol–water partition coefficient (Wildman–Crippen LogP) is 2.30. The van der Waals surface area contributed by atoms with Crippen LogP contribution in [0.25, 0.3) is 6.08 Å². The molecule has 0 aromatic heterocycles. The third kappa shape index (κ3) is 3.05. The second-order valence-electron chi connectivity index (χ2n) is 4.52. The number of rotatable bonds is 5. The van der Waals surface area contributed by atoms with Gasteiger partial charge >= 0.3 is 0 Å². The predicted molar refractivity (Wildman–Crippen MR) is 84.0 cm³/mol. The first-order chi connectivity index (χ1) is 10.6. The zero-order valence-corrected chi connectivity index (χ0v) is 13.3. The Hall–Kier alpha value is -2.50. The Labute approximate surface area is 130 Å². The third-order valence-corrected chi connectivity index (χ3v) is 3.22. The van der Waals surface area contributed by atoms with Crippen LogP contribution in [-0.2, 0) is 9.53 Å². The molecule has 6 nitrogen and oxygen atoms in total. The van der Waals surface area contributed by atoms with Crippen LogP contribution < -0.4 is 9.47 Å². The van der Waals surface area contributed by atoms with E-state index in [9.17, 15) is 4.79 Å². The average molecular weight is 304 g/mol. The number of benzene rings is 1. The first-order valence-electron chi connectivity index (χ1n) is 7.12. The van der Waals surface area contributed by atoms with Crippen molar-refractivity contribution in [3.05, 3.63) is 29.5 Å². The summed E-state index contributed by atoms with van der Waals surface area (Å²) in [7, 11) is 3.15. The molecule has 1 amide bonds. The number of likely N-dealkylation sites (N-methyl/N-ethyl adjacent to an activating group) is 1. The van der Waals surface area contributed by atoms with Crippen LogP contribution in [0.2, 0.25) is 0 Å². The Kier molecular flexibility index (Phi) is 5.04. The number of carbonyl (C=O) groups is 1. The maximum absolute atomic E-state index is 12.3. The summed E-state index contributed by atoms with van der Waals surface area (Å²) in [5, 5.41) is 0. The molecular formula is C16H20N2O4. The van der Waals surface area contributed by atoms with Crippen LogP contribution in [0, 0.1) is 0 Å². The minimum atomic E-state index is -0.201. The van der Waals surface area contributed by atoms with Crippen molar-refractivity contribution in [2.75, 3.05) is 27.3 Å². The molecule has 1 aliphatic heterocycles. The molecule has 6 heteroatoms. The number of carbonyl (C=O) groups excluding carboxylic acids is 1. The summed E-state index contributed by atoms with van der Waals surface area (Å²) in [5.74, 6) is 1.32. The average Bonchev–Trinajstić information content (AvgIpc) is 2.83. The van der Waals surface area contributed by atoms with Crippen molar-refractivity contribution in [3.63, 3.8) is 0 Å². The molecule has 1 heterocycles. The summed E-state index contributed by atoms with van der Waals surface area (Å²) in [6.45, 7) is 4.83. The van der Waals surface area contributed by atoms with Crippen LogP contribution in [-0.4, -0.2) is 44.1 Å². The highest BCUT2D eigenvalue weighted by Crippen LogP contribution is 2.28. The number of aliphatic imine (C=N–C) groups is 1. The largest absolute Gasteiger partial charge is 0.497 e. The van der Waals surface area contributed by atoms with E-state index < -0.39 is 0 Å². The highest BCUT2D eigenvalue weighted by atomic mass is 16.5. The number of hydrogen-bond acceptors (Lipinski definition) is 5. The molecule has 0 unspecified atom stereocenters.